The molecule has 0 fully saturated rings. The normalized spacial score (nSPS) is 15.7. The molecule has 0 aliphatic carbocycles. The van der Waals surface area contributed by atoms with Gasteiger partial charge in [-0.3, -0.25) is 14.5 Å². The Hall–Kier alpha value is -3.30. The summed E-state index contributed by atoms with van der Waals surface area (Å²) in [6.45, 7) is -0.224. The molecule has 0 saturated carbocycles. The summed E-state index contributed by atoms with van der Waals surface area (Å²) in [7, 11) is 1.45. The zero-order valence-corrected chi connectivity index (χ0v) is 17.5. The second kappa shape index (κ2) is 8.44. The van der Waals surface area contributed by atoms with Crippen molar-refractivity contribution in [1.82, 2.24) is 20.3 Å². The first-order valence-electron chi connectivity index (χ1n) is 8.99. The molecule has 31 heavy (non-hydrogen) atoms. The van der Waals surface area contributed by atoms with E-state index < -0.39 is 23.7 Å². The van der Waals surface area contributed by atoms with Crippen molar-refractivity contribution in [3.8, 4) is 17.0 Å². The Labute approximate surface area is 186 Å². The van der Waals surface area contributed by atoms with Crippen LogP contribution in [-0.4, -0.2) is 46.5 Å². The number of benzene rings is 1. The van der Waals surface area contributed by atoms with Crippen LogP contribution in [0.15, 0.2) is 42.7 Å². The number of carbonyl (C=O) groups excluding carboxylic acids is 2. The van der Waals surface area contributed by atoms with Gasteiger partial charge in [0.25, 0.3) is 11.8 Å². The third kappa shape index (κ3) is 4.14. The molecule has 1 unspecified atom stereocenters. The van der Waals surface area contributed by atoms with Crippen molar-refractivity contribution in [2.24, 2.45) is 0 Å². The van der Waals surface area contributed by atoms with Crippen LogP contribution in [0.5, 0.6) is 5.75 Å². The second-order valence-electron chi connectivity index (χ2n) is 6.58. The van der Waals surface area contributed by atoms with Gasteiger partial charge in [0.05, 0.1) is 28.1 Å². The number of anilines is 1. The van der Waals surface area contributed by atoms with Crippen LogP contribution in [0.3, 0.4) is 0 Å². The van der Waals surface area contributed by atoms with Crippen LogP contribution in [0.2, 0.25) is 10.0 Å². The van der Waals surface area contributed by atoms with E-state index in [1.807, 2.05) is 0 Å². The predicted molar refractivity (Wildman–Crippen MR) is 112 cm³/mol. The highest BCUT2D eigenvalue weighted by Gasteiger charge is 2.32. The Kier molecular flexibility index (Phi) is 5.71. The minimum atomic E-state index is -1.07. The van der Waals surface area contributed by atoms with Gasteiger partial charge in [0, 0.05) is 18.7 Å². The molecule has 0 bridgehead atoms. The number of likely N-dealkylation sites (N-methyl/N-ethyl adjacent to an activating group) is 1. The molecular formula is C20H14Cl2FN5O3. The van der Waals surface area contributed by atoms with Gasteiger partial charge in [-0.05, 0) is 6.07 Å². The average Bonchev–Trinajstić information content (AvgIpc) is 2.86. The number of nitrogens with zero attached hydrogens (tertiary/aromatic N) is 4. The van der Waals surface area contributed by atoms with Gasteiger partial charge in [-0.2, -0.15) is 0 Å². The minimum absolute atomic E-state index is 0.0938. The lowest BCUT2D eigenvalue weighted by Crippen LogP contribution is -2.49. The first-order valence-corrected chi connectivity index (χ1v) is 9.75. The molecule has 0 spiro atoms. The smallest absolute Gasteiger partial charge is 0.289 e. The number of hydrogen-bond donors (Lipinski definition) is 1. The Morgan fingerprint density at radius 1 is 1.23 bits per heavy atom. The number of rotatable bonds is 3. The molecule has 2 aromatic heterocycles. The highest BCUT2D eigenvalue weighted by Crippen LogP contribution is 2.31. The number of hydrogen-bond acceptors (Lipinski definition) is 6. The molecule has 1 aliphatic heterocycles. The number of aromatic nitrogens is 3. The highest BCUT2D eigenvalue weighted by molar-refractivity contribution is 6.36. The molecule has 1 aromatic carbocycles. The fourth-order valence-corrected chi connectivity index (χ4v) is 3.42. The fourth-order valence-electron chi connectivity index (χ4n) is 3.00. The molecule has 1 aliphatic rings. The minimum Gasteiger partial charge on any atom is -0.487 e. The van der Waals surface area contributed by atoms with Gasteiger partial charge in [-0.25, -0.2) is 19.3 Å². The maximum absolute atomic E-state index is 13.5. The van der Waals surface area contributed by atoms with Crippen LogP contribution in [0.4, 0.5) is 10.2 Å². The maximum Gasteiger partial charge on any atom is 0.289 e. The molecule has 158 valence electrons. The van der Waals surface area contributed by atoms with E-state index in [1.165, 1.54) is 18.1 Å². The number of amides is 2. The van der Waals surface area contributed by atoms with Crippen LogP contribution < -0.4 is 15.0 Å². The van der Waals surface area contributed by atoms with Crippen molar-refractivity contribution in [1.29, 1.82) is 0 Å². The Bertz CT molecular complexity index is 1190. The summed E-state index contributed by atoms with van der Waals surface area (Å²) < 4.78 is 19.0. The lowest BCUT2D eigenvalue weighted by Gasteiger charge is -2.19. The van der Waals surface area contributed by atoms with Crippen molar-refractivity contribution in [2.45, 2.75) is 6.04 Å². The van der Waals surface area contributed by atoms with E-state index in [2.05, 4.69) is 20.3 Å². The summed E-state index contributed by atoms with van der Waals surface area (Å²) >= 11 is 12.4. The van der Waals surface area contributed by atoms with Gasteiger partial charge in [-0.15, -0.1) is 0 Å². The van der Waals surface area contributed by atoms with E-state index in [0.29, 0.717) is 10.6 Å². The number of ether oxygens (including phenoxy) is 1. The molecular weight excluding hydrogens is 448 g/mol. The number of nitrogens with one attached hydrogen (secondary N) is 1. The van der Waals surface area contributed by atoms with Crippen LogP contribution in [-0.2, 0) is 4.79 Å². The van der Waals surface area contributed by atoms with E-state index in [-0.39, 0.29) is 34.7 Å². The van der Waals surface area contributed by atoms with Crippen molar-refractivity contribution in [3.05, 3.63) is 64.4 Å². The summed E-state index contributed by atoms with van der Waals surface area (Å²) in [4.78, 5) is 38.8. The first-order chi connectivity index (χ1) is 14.8. The standard InChI is InChI=1S/C20H14Cl2FN5O3/c1-28-18-15(6-10(23)7-25-18)31-9-14(20(28)30)26-19(29)17-24-8-13(22)16(27-17)11-4-2-3-5-12(11)21/h2-8,14H,9H2,1H3,(H,26,29). The summed E-state index contributed by atoms with van der Waals surface area (Å²) in [5.41, 5.74) is 0.808. The zero-order chi connectivity index (χ0) is 22.1. The zero-order valence-electron chi connectivity index (χ0n) is 16.0. The third-order valence-corrected chi connectivity index (χ3v) is 5.14. The van der Waals surface area contributed by atoms with E-state index in [1.54, 1.807) is 24.3 Å². The van der Waals surface area contributed by atoms with Gasteiger partial charge >= 0.3 is 0 Å². The van der Waals surface area contributed by atoms with Gasteiger partial charge in [0.15, 0.2) is 11.6 Å². The van der Waals surface area contributed by atoms with Crippen molar-refractivity contribution in [3.63, 3.8) is 0 Å². The molecule has 4 rings (SSSR count). The Morgan fingerprint density at radius 3 is 2.77 bits per heavy atom. The number of carbonyl (C=O) groups is 2. The monoisotopic (exact) mass is 461 g/mol. The summed E-state index contributed by atoms with van der Waals surface area (Å²) in [5.74, 6) is -1.79. The molecule has 3 aromatic rings. The molecule has 1 atom stereocenters. The number of fused-ring (bicyclic) bond motifs is 1. The quantitative estimate of drug-likeness (QED) is 0.643. The van der Waals surface area contributed by atoms with E-state index in [4.69, 9.17) is 27.9 Å². The van der Waals surface area contributed by atoms with Gasteiger partial charge in [-0.1, -0.05) is 41.4 Å². The van der Waals surface area contributed by atoms with E-state index in [9.17, 15) is 14.0 Å². The molecule has 11 heteroatoms. The van der Waals surface area contributed by atoms with Crippen molar-refractivity contribution < 1.29 is 18.7 Å². The maximum atomic E-state index is 13.5. The number of halogens is 3. The SMILES string of the molecule is CN1C(=O)C(NC(=O)c2ncc(Cl)c(-c3ccccc3Cl)n2)COc2cc(F)cnc21. The third-order valence-electron chi connectivity index (χ3n) is 4.53. The number of pyridine rings is 1. The topological polar surface area (TPSA) is 97.3 Å². The Morgan fingerprint density at radius 2 is 2.00 bits per heavy atom. The molecule has 2 amide bonds. The van der Waals surface area contributed by atoms with Crippen molar-refractivity contribution in [2.75, 3.05) is 18.6 Å². The van der Waals surface area contributed by atoms with Crippen LogP contribution >= 0.6 is 23.2 Å². The summed E-state index contributed by atoms with van der Waals surface area (Å²) in [6.07, 6.45) is 2.25. The van der Waals surface area contributed by atoms with Gasteiger partial charge in [0.2, 0.25) is 5.82 Å². The average molecular weight is 462 g/mol. The Balaban J connectivity index is 1.58. The molecule has 1 N–H and O–H groups in total. The van der Waals surface area contributed by atoms with Crippen molar-refractivity contribution >= 4 is 40.8 Å². The van der Waals surface area contributed by atoms with Gasteiger partial charge < -0.3 is 10.1 Å². The first kappa shape index (κ1) is 21.0. The van der Waals surface area contributed by atoms with Crippen LogP contribution in [0, 0.1) is 5.82 Å². The largest absolute Gasteiger partial charge is 0.487 e. The molecule has 0 saturated heterocycles. The van der Waals surface area contributed by atoms with Crippen LogP contribution in [0.1, 0.15) is 10.6 Å². The predicted octanol–water partition coefficient (Wildman–Crippen LogP) is 3.14. The van der Waals surface area contributed by atoms with E-state index >= 15 is 0 Å². The molecule has 8 nitrogen and oxygen atoms in total. The summed E-state index contributed by atoms with van der Waals surface area (Å²) in [5, 5.41) is 3.15. The fraction of sp³-hybridized carbons (Fsp3) is 0.150. The van der Waals surface area contributed by atoms with Crippen LogP contribution in [0.25, 0.3) is 11.3 Å². The summed E-state index contributed by atoms with van der Waals surface area (Å²) in [6, 6.07) is 6.93. The lowest BCUT2D eigenvalue weighted by molar-refractivity contribution is -0.120. The second-order valence-corrected chi connectivity index (χ2v) is 7.39. The highest BCUT2D eigenvalue weighted by atomic mass is 35.5. The lowest BCUT2D eigenvalue weighted by atomic mass is 10.1. The molecule has 3 heterocycles. The van der Waals surface area contributed by atoms with E-state index in [0.717, 1.165) is 12.3 Å². The molecule has 0 radical (unpaired) electrons. The van der Waals surface area contributed by atoms with Gasteiger partial charge in [0.1, 0.15) is 18.5 Å².